The fourth-order valence-corrected chi connectivity index (χ4v) is 4.49. The number of nitrogens with one attached hydrogen (secondary N) is 2. The lowest BCUT2D eigenvalue weighted by molar-refractivity contribution is -0.116. The fraction of sp³-hybridized carbons (Fsp3) is 0.240. The first-order valence-corrected chi connectivity index (χ1v) is 12.0. The highest BCUT2D eigenvalue weighted by atomic mass is 32.2. The van der Waals surface area contributed by atoms with Crippen LogP contribution in [-0.4, -0.2) is 20.9 Å². The number of hydrogen-bond donors (Lipinski definition) is 2. The van der Waals surface area contributed by atoms with Crippen LogP contribution < -0.4 is 14.8 Å². The lowest BCUT2D eigenvalue weighted by atomic mass is 10.1. The minimum absolute atomic E-state index is 0.132. The molecule has 168 valence electrons. The molecule has 0 aliphatic carbocycles. The van der Waals surface area contributed by atoms with E-state index in [1.807, 2.05) is 63.2 Å². The largest absolute Gasteiger partial charge is 0.494 e. The van der Waals surface area contributed by atoms with Crippen molar-refractivity contribution >= 4 is 27.3 Å². The predicted molar refractivity (Wildman–Crippen MR) is 128 cm³/mol. The number of anilines is 2. The van der Waals surface area contributed by atoms with Crippen LogP contribution in [0, 0.1) is 13.8 Å². The summed E-state index contributed by atoms with van der Waals surface area (Å²) in [5, 5.41) is 2.81. The molecular formula is C25H28N2O4S. The zero-order valence-electron chi connectivity index (χ0n) is 18.5. The Kier molecular flexibility index (Phi) is 7.53. The summed E-state index contributed by atoms with van der Waals surface area (Å²) in [5.74, 6) is 0.672. The van der Waals surface area contributed by atoms with Crippen LogP contribution in [0.3, 0.4) is 0 Å². The summed E-state index contributed by atoms with van der Waals surface area (Å²) in [6.45, 7) is 6.26. The Labute approximate surface area is 189 Å². The molecule has 3 aromatic carbocycles. The number of para-hydroxylation sites is 1. The molecule has 0 radical (unpaired) electrons. The summed E-state index contributed by atoms with van der Waals surface area (Å²) >= 11 is 0. The number of carbonyl (C=O) groups excluding carboxylic acids is 1. The average molecular weight is 453 g/mol. The Morgan fingerprint density at radius 1 is 0.906 bits per heavy atom. The van der Waals surface area contributed by atoms with Gasteiger partial charge in [-0.15, -0.1) is 0 Å². The minimum Gasteiger partial charge on any atom is -0.494 e. The summed E-state index contributed by atoms with van der Waals surface area (Å²) < 4.78 is 33.6. The molecule has 2 N–H and O–H groups in total. The maximum atomic E-state index is 12.8. The van der Waals surface area contributed by atoms with Crippen LogP contribution in [0.1, 0.15) is 30.0 Å². The predicted octanol–water partition coefficient (Wildman–Crippen LogP) is 5.07. The lowest BCUT2D eigenvalue weighted by Crippen LogP contribution is -2.15. The summed E-state index contributed by atoms with van der Waals surface area (Å²) in [5.41, 5.74) is 3.88. The van der Waals surface area contributed by atoms with Crippen molar-refractivity contribution in [2.45, 2.75) is 38.5 Å². The quantitative estimate of drug-likeness (QED) is 0.474. The van der Waals surface area contributed by atoms with Crippen molar-refractivity contribution in [2.75, 3.05) is 16.6 Å². The van der Waals surface area contributed by atoms with Crippen LogP contribution in [0.5, 0.6) is 5.75 Å². The summed E-state index contributed by atoms with van der Waals surface area (Å²) in [4.78, 5) is 12.4. The molecule has 3 rings (SSSR count). The van der Waals surface area contributed by atoms with Crippen molar-refractivity contribution in [2.24, 2.45) is 0 Å². The molecule has 3 aromatic rings. The molecule has 0 bridgehead atoms. The lowest BCUT2D eigenvalue weighted by Gasteiger charge is -2.13. The second kappa shape index (κ2) is 10.3. The highest BCUT2D eigenvalue weighted by molar-refractivity contribution is 7.92. The molecule has 0 fully saturated rings. The molecule has 1 amide bonds. The van der Waals surface area contributed by atoms with E-state index in [2.05, 4.69) is 10.0 Å². The minimum atomic E-state index is -3.73. The summed E-state index contributed by atoms with van der Waals surface area (Å²) in [6.07, 6.45) is 0.923. The normalized spacial score (nSPS) is 11.1. The first kappa shape index (κ1) is 23.3. The Balaban J connectivity index is 1.58. The van der Waals surface area contributed by atoms with Crippen LogP contribution in [0.2, 0.25) is 0 Å². The van der Waals surface area contributed by atoms with Crippen LogP contribution in [0.4, 0.5) is 11.4 Å². The van der Waals surface area contributed by atoms with E-state index in [9.17, 15) is 13.2 Å². The summed E-state index contributed by atoms with van der Waals surface area (Å²) in [7, 11) is -3.73. The molecule has 0 spiro atoms. The number of rotatable bonds is 9. The maximum Gasteiger partial charge on any atom is 0.261 e. The van der Waals surface area contributed by atoms with Gasteiger partial charge in [0.2, 0.25) is 5.91 Å². The van der Waals surface area contributed by atoms with Crippen molar-refractivity contribution in [1.82, 2.24) is 0 Å². The van der Waals surface area contributed by atoms with Gasteiger partial charge in [-0.05, 0) is 80.3 Å². The fourth-order valence-electron chi connectivity index (χ4n) is 3.29. The van der Waals surface area contributed by atoms with E-state index < -0.39 is 10.0 Å². The molecular weight excluding hydrogens is 424 g/mol. The van der Waals surface area contributed by atoms with Crippen LogP contribution in [0.15, 0.2) is 71.6 Å². The molecule has 32 heavy (non-hydrogen) atoms. The van der Waals surface area contributed by atoms with Gasteiger partial charge in [-0.2, -0.15) is 0 Å². The van der Waals surface area contributed by atoms with Crippen molar-refractivity contribution in [3.05, 3.63) is 83.4 Å². The third kappa shape index (κ3) is 6.11. The van der Waals surface area contributed by atoms with Crippen LogP contribution in [0.25, 0.3) is 0 Å². The van der Waals surface area contributed by atoms with Gasteiger partial charge in [0.15, 0.2) is 0 Å². The average Bonchev–Trinajstić information content (AvgIpc) is 2.77. The zero-order valence-corrected chi connectivity index (χ0v) is 19.3. The molecule has 0 aromatic heterocycles. The number of sulfonamides is 1. The monoisotopic (exact) mass is 452 g/mol. The topological polar surface area (TPSA) is 84.5 Å². The molecule has 0 unspecified atom stereocenters. The molecule has 7 heteroatoms. The third-order valence-corrected chi connectivity index (χ3v) is 6.41. The van der Waals surface area contributed by atoms with E-state index in [1.165, 1.54) is 12.1 Å². The molecule has 0 saturated heterocycles. The van der Waals surface area contributed by atoms with Gasteiger partial charge in [0.05, 0.1) is 17.2 Å². The van der Waals surface area contributed by atoms with Crippen LogP contribution in [-0.2, 0) is 21.2 Å². The highest BCUT2D eigenvalue weighted by Crippen LogP contribution is 2.24. The Hall–Kier alpha value is -3.32. The van der Waals surface area contributed by atoms with E-state index >= 15 is 0 Å². The molecule has 6 nitrogen and oxygen atoms in total. The van der Waals surface area contributed by atoms with E-state index in [1.54, 1.807) is 12.1 Å². The molecule has 0 aliphatic rings. The van der Waals surface area contributed by atoms with E-state index in [-0.39, 0.29) is 10.8 Å². The maximum absolute atomic E-state index is 12.8. The van der Waals surface area contributed by atoms with Gasteiger partial charge >= 0.3 is 0 Å². The SMILES string of the molecule is CCOc1ccc(CCC(=O)Nc2ccc(S(=O)(=O)Nc3c(C)cccc3C)cc2)cc1. The highest BCUT2D eigenvalue weighted by Gasteiger charge is 2.16. The number of ether oxygens (including phenoxy) is 1. The van der Waals surface area contributed by atoms with Crippen molar-refractivity contribution in [3.63, 3.8) is 0 Å². The Morgan fingerprint density at radius 3 is 2.12 bits per heavy atom. The molecule has 0 atom stereocenters. The van der Waals surface area contributed by atoms with E-state index in [0.29, 0.717) is 30.8 Å². The van der Waals surface area contributed by atoms with Crippen molar-refractivity contribution < 1.29 is 17.9 Å². The van der Waals surface area contributed by atoms with Gasteiger partial charge in [-0.25, -0.2) is 8.42 Å². The van der Waals surface area contributed by atoms with Gasteiger partial charge in [-0.1, -0.05) is 30.3 Å². The molecule has 0 aliphatic heterocycles. The number of amides is 1. The van der Waals surface area contributed by atoms with Gasteiger partial charge < -0.3 is 10.1 Å². The Bertz CT molecular complexity index is 1150. The van der Waals surface area contributed by atoms with Gasteiger partial charge in [0.25, 0.3) is 10.0 Å². The number of hydrogen-bond acceptors (Lipinski definition) is 4. The van der Waals surface area contributed by atoms with Crippen molar-refractivity contribution in [1.29, 1.82) is 0 Å². The number of carbonyl (C=O) groups is 1. The summed E-state index contributed by atoms with van der Waals surface area (Å²) in [6, 6.07) is 19.4. The third-order valence-electron chi connectivity index (χ3n) is 5.04. The van der Waals surface area contributed by atoms with Gasteiger partial charge in [0, 0.05) is 12.1 Å². The van der Waals surface area contributed by atoms with E-state index in [4.69, 9.17) is 4.74 Å². The van der Waals surface area contributed by atoms with Gasteiger partial charge in [-0.3, -0.25) is 9.52 Å². The smallest absolute Gasteiger partial charge is 0.261 e. The van der Waals surface area contributed by atoms with Crippen LogP contribution >= 0.6 is 0 Å². The first-order valence-electron chi connectivity index (χ1n) is 10.5. The molecule has 0 heterocycles. The van der Waals surface area contributed by atoms with Gasteiger partial charge in [0.1, 0.15) is 5.75 Å². The van der Waals surface area contributed by atoms with E-state index in [0.717, 1.165) is 22.4 Å². The Morgan fingerprint density at radius 2 is 1.53 bits per heavy atom. The standard InChI is InChI=1S/C25H28N2O4S/c1-4-31-22-13-8-20(9-14-22)10-17-24(28)26-21-11-15-23(16-12-21)32(29,30)27-25-18(2)6-5-7-19(25)3/h5-9,11-16,27H,4,10,17H2,1-3H3,(H,26,28). The zero-order chi connectivity index (χ0) is 23.1. The number of aryl methyl sites for hydroxylation is 3. The van der Waals surface area contributed by atoms with Crippen molar-refractivity contribution in [3.8, 4) is 5.75 Å². The second-order valence-corrected chi connectivity index (χ2v) is 9.20. The molecule has 0 saturated carbocycles. The first-order chi connectivity index (χ1) is 15.3. The second-order valence-electron chi connectivity index (χ2n) is 7.52. The number of benzene rings is 3.